The Bertz CT molecular complexity index is 735. The van der Waals surface area contributed by atoms with E-state index in [-0.39, 0.29) is 11.7 Å². The van der Waals surface area contributed by atoms with E-state index >= 15 is 0 Å². The molecule has 0 radical (unpaired) electrons. The Kier molecular flexibility index (Phi) is 6.17. The van der Waals surface area contributed by atoms with Crippen molar-refractivity contribution in [1.29, 1.82) is 0 Å². The van der Waals surface area contributed by atoms with Crippen LogP contribution in [0, 0.1) is 0 Å². The van der Waals surface area contributed by atoms with Gasteiger partial charge in [0.05, 0.1) is 0 Å². The number of hydrogen-bond donors (Lipinski definition) is 1. The zero-order valence-corrected chi connectivity index (χ0v) is 14.5. The standard InChI is InChI=1S/C20H22F2N2O2/c21-20(22)26-18-8-6-16(7-9-18)19(25)23-11-3-12-24-13-10-15-4-1-2-5-17(15)14-24/h1-2,4-9,20H,3,10-14H2,(H,23,25). The summed E-state index contributed by atoms with van der Waals surface area (Å²) >= 11 is 0. The van der Waals surface area contributed by atoms with E-state index in [9.17, 15) is 13.6 Å². The van der Waals surface area contributed by atoms with Crippen LogP contribution in [-0.4, -0.2) is 37.1 Å². The molecule has 26 heavy (non-hydrogen) atoms. The molecular formula is C20H22F2N2O2. The van der Waals surface area contributed by atoms with Gasteiger partial charge in [0.1, 0.15) is 5.75 Å². The highest BCUT2D eigenvalue weighted by molar-refractivity contribution is 5.94. The molecule has 138 valence electrons. The highest BCUT2D eigenvalue weighted by Crippen LogP contribution is 2.18. The summed E-state index contributed by atoms with van der Waals surface area (Å²) in [6.07, 6.45) is 1.93. The van der Waals surface area contributed by atoms with Crippen LogP contribution in [0.5, 0.6) is 5.75 Å². The first-order valence-electron chi connectivity index (χ1n) is 8.74. The lowest BCUT2D eigenvalue weighted by atomic mass is 10.00. The van der Waals surface area contributed by atoms with Gasteiger partial charge in [-0.3, -0.25) is 9.69 Å². The van der Waals surface area contributed by atoms with Gasteiger partial charge in [-0.05, 0) is 48.2 Å². The van der Waals surface area contributed by atoms with Gasteiger partial charge in [0, 0.05) is 31.7 Å². The maximum atomic E-state index is 12.1. The van der Waals surface area contributed by atoms with Crippen LogP contribution in [0.4, 0.5) is 8.78 Å². The topological polar surface area (TPSA) is 41.6 Å². The number of carbonyl (C=O) groups is 1. The third-order valence-corrected chi connectivity index (χ3v) is 4.49. The molecule has 6 heteroatoms. The number of fused-ring (bicyclic) bond motifs is 1. The van der Waals surface area contributed by atoms with Crippen molar-refractivity contribution >= 4 is 5.91 Å². The summed E-state index contributed by atoms with van der Waals surface area (Å²) in [5, 5.41) is 2.86. The number of amides is 1. The Labute approximate surface area is 151 Å². The molecule has 0 aromatic heterocycles. The molecule has 1 heterocycles. The second kappa shape index (κ2) is 8.76. The second-order valence-corrected chi connectivity index (χ2v) is 6.31. The zero-order chi connectivity index (χ0) is 18.4. The van der Waals surface area contributed by atoms with Crippen molar-refractivity contribution in [2.75, 3.05) is 19.6 Å². The van der Waals surface area contributed by atoms with Crippen LogP contribution in [0.15, 0.2) is 48.5 Å². The lowest BCUT2D eigenvalue weighted by molar-refractivity contribution is -0.0498. The Morgan fingerprint density at radius 3 is 2.58 bits per heavy atom. The van der Waals surface area contributed by atoms with Crippen molar-refractivity contribution in [3.8, 4) is 5.75 Å². The molecule has 2 aromatic carbocycles. The number of hydrogen-bond acceptors (Lipinski definition) is 3. The second-order valence-electron chi connectivity index (χ2n) is 6.31. The van der Waals surface area contributed by atoms with Gasteiger partial charge < -0.3 is 10.1 Å². The highest BCUT2D eigenvalue weighted by atomic mass is 19.3. The molecule has 1 aliphatic heterocycles. The fourth-order valence-electron chi connectivity index (χ4n) is 3.14. The van der Waals surface area contributed by atoms with Crippen LogP contribution < -0.4 is 10.1 Å². The van der Waals surface area contributed by atoms with Crippen LogP contribution in [0.3, 0.4) is 0 Å². The Morgan fingerprint density at radius 2 is 1.85 bits per heavy atom. The van der Waals surface area contributed by atoms with Crippen LogP contribution in [0.25, 0.3) is 0 Å². The quantitative estimate of drug-likeness (QED) is 0.769. The minimum absolute atomic E-state index is 0.0435. The first-order chi connectivity index (χ1) is 12.6. The molecule has 0 aliphatic carbocycles. The van der Waals surface area contributed by atoms with Crippen molar-refractivity contribution in [3.05, 3.63) is 65.2 Å². The molecule has 1 N–H and O–H groups in total. The number of halogens is 2. The molecule has 1 amide bonds. The van der Waals surface area contributed by atoms with Gasteiger partial charge >= 0.3 is 6.61 Å². The third-order valence-electron chi connectivity index (χ3n) is 4.49. The smallest absolute Gasteiger partial charge is 0.387 e. The van der Waals surface area contributed by atoms with E-state index in [0.29, 0.717) is 12.1 Å². The summed E-state index contributed by atoms with van der Waals surface area (Å²) in [5.74, 6) is -0.167. The van der Waals surface area contributed by atoms with Crippen LogP contribution >= 0.6 is 0 Å². The van der Waals surface area contributed by atoms with E-state index in [4.69, 9.17) is 0 Å². The van der Waals surface area contributed by atoms with Crippen molar-refractivity contribution in [2.45, 2.75) is 26.0 Å². The molecule has 4 nitrogen and oxygen atoms in total. The molecule has 0 saturated carbocycles. The normalized spacial score (nSPS) is 14.1. The van der Waals surface area contributed by atoms with E-state index in [0.717, 1.165) is 32.5 Å². The molecular weight excluding hydrogens is 338 g/mol. The summed E-state index contributed by atoms with van der Waals surface area (Å²) in [5.41, 5.74) is 3.24. The molecule has 3 rings (SSSR count). The first-order valence-corrected chi connectivity index (χ1v) is 8.74. The molecule has 0 atom stereocenters. The van der Waals surface area contributed by atoms with Crippen molar-refractivity contribution in [1.82, 2.24) is 10.2 Å². The van der Waals surface area contributed by atoms with Gasteiger partial charge in [-0.15, -0.1) is 0 Å². The maximum Gasteiger partial charge on any atom is 0.387 e. The number of alkyl halides is 2. The van der Waals surface area contributed by atoms with Crippen molar-refractivity contribution in [2.24, 2.45) is 0 Å². The van der Waals surface area contributed by atoms with E-state index in [1.54, 1.807) is 0 Å². The van der Waals surface area contributed by atoms with Gasteiger partial charge in [-0.1, -0.05) is 24.3 Å². The van der Waals surface area contributed by atoms with E-state index in [1.165, 1.54) is 35.4 Å². The Morgan fingerprint density at radius 1 is 1.12 bits per heavy atom. The third kappa shape index (κ3) is 5.02. The molecule has 0 bridgehead atoms. The average Bonchev–Trinajstić information content (AvgIpc) is 2.65. The average molecular weight is 360 g/mol. The van der Waals surface area contributed by atoms with Gasteiger partial charge in [0.25, 0.3) is 5.91 Å². The number of benzene rings is 2. The Balaban J connectivity index is 1.39. The molecule has 0 unspecified atom stereocenters. The highest BCUT2D eigenvalue weighted by Gasteiger charge is 2.15. The summed E-state index contributed by atoms with van der Waals surface area (Å²) in [7, 11) is 0. The summed E-state index contributed by atoms with van der Waals surface area (Å²) < 4.78 is 28.5. The number of carbonyl (C=O) groups excluding carboxylic acids is 1. The molecule has 0 fully saturated rings. The van der Waals surface area contributed by atoms with Gasteiger partial charge in [0.2, 0.25) is 0 Å². The largest absolute Gasteiger partial charge is 0.435 e. The number of ether oxygens (including phenoxy) is 1. The predicted molar refractivity (Wildman–Crippen MR) is 95.4 cm³/mol. The van der Waals surface area contributed by atoms with Crippen LogP contribution in [0.1, 0.15) is 27.9 Å². The van der Waals surface area contributed by atoms with E-state index in [2.05, 4.69) is 39.2 Å². The van der Waals surface area contributed by atoms with Crippen molar-refractivity contribution in [3.63, 3.8) is 0 Å². The minimum Gasteiger partial charge on any atom is -0.435 e. The molecule has 2 aromatic rings. The first kappa shape index (κ1) is 18.3. The van der Waals surface area contributed by atoms with Crippen LogP contribution in [0.2, 0.25) is 0 Å². The fraction of sp³-hybridized carbons (Fsp3) is 0.350. The Hall–Kier alpha value is -2.47. The number of nitrogens with one attached hydrogen (secondary N) is 1. The van der Waals surface area contributed by atoms with Gasteiger partial charge in [-0.2, -0.15) is 8.78 Å². The predicted octanol–water partition coefficient (Wildman–Crippen LogP) is 3.47. The summed E-state index contributed by atoms with van der Waals surface area (Å²) in [6.45, 7) is 0.630. The van der Waals surface area contributed by atoms with Gasteiger partial charge in [0.15, 0.2) is 0 Å². The van der Waals surface area contributed by atoms with E-state index in [1.807, 2.05) is 0 Å². The van der Waals surface area contributed by atoms with Crippen LogP contribution in [-0.2, 0) is 13.0 Å². The fourth-order valence-corrected chi connectivity index (χ4v) is 3.14. The summed E-state index contributed by atoms with van der Waals surface area (Å²) in [4.78, 5) is 14.5. The van der Waals surface area contributed by atoms with E-state index < -0.39 is 6.61 Å². The lowest BCUT2D eigenvalue weighted by Crippen LogP contribution is -2.33. The summed E-state index contributed by atoms with van der Waals surface area (Å²) in [6, 6.07) is 14.2. The minimum atomic E-state index is -2.86. The van der Waals surface area contributed by atoms with Gasteiger partial charge in [-0.25, -0.2) is 0 Å². The maximum absolute atomic E-state index is 12.1. The SMILES string of the molecule is O=C(NCCCN1CCc2ccccc2C1)c1ccc(OC(F)F)cc1. The zero-order valence-electron chi connectivity index (χ0n) is 14.5. The molecule has 0 spiro atoms. The molecule has 1 aliphatic rings. The molecule has 0 saturated heterocycles. The monoisotopic (exact) mass is 360 g/mol. The number of nitrogens with zero attached hydrogens (tertiary/aromatic N) is 1. The number of rotatable bonds is 7. The lowest BCUT2D eigenvalue weighted by Gasteiger charge is -2.28. The van der Waals surface area contributed by atoms with Crippen molar-refractivity contribution < 1.29 is 18.3 Å².